The highest BCUT2D eigenvalue weighted by molar-refractivity contribution is 6.03. The van der Waals surface area contributed by atoms with Crippen molar-refractivity contribution in [3.63, 3.8) is 0 Å². The predicted octanol–water partition coefficient (Wildman–Crippen LogP) is 2.03. The summed E-state index contributed by atoms with van der Waals surface area (Å²) in [6.45, 7) is 1.48. The van der Waals surface area contributed by atoms with Crippen LogP contribution in [0.5, 0.6) is 17.2 Å². The minimum atomic E-state index is -0.770. The van der Waals surface area contributed by atoms with Crippen LogP contribution >= 0.6 is 0 Å². The molecule has 2 rings (SSSR count). The van der Waals surface area contributed by atoms with E-state index in [-0.39, 0.29) is 29.4 Å². The van der Waals surface area contributed by atoms with Crippen LogP contribution in [0.25, 0.3) is 0 Å². The van der Waals surface area contributed by atoms with Crippen molar-refractivity contribution in [2.24, 2.45) is 0 Å². The number of likely N-dealkylation sites (N-methyl/N-ethyl adjacent to an activating group) is 1. The van der Waals surface area contributed by atoms with Crippen LogP contribution in [0.1, 0.15) is 15.9 Å². The van der Waals surface area contributed by atoms with E-state index in [1.165, 1.54) is 34.4 Å². The Labute approximate surface area is 172 Å². The zero-order valence-electron chi connectivity index (χ0n) is 17.2. The van der Waals surface area contributed by atoms with Gasteiger partial charge in [0.05, 0.1) is 32.8 Å². The number of ether oxygens (including phenoxy) is 3. The number of nitro groups is 1. The van der Waals surface area contributed by atoms with Gasteiger partial charge in [-0.2, -0.15) is 0 Å². The highest BCUT2D eigenvalue weighted by Gasteiger charge is 2.34. The van der Waals surface area contributed by atoms with Gasteiger partial charge in [-0.25, -0.2) is 4.98 Å². The molecule has 0 saturated heterocycles. The van der Waals surface area contributed by atoms with E-state index in [1.807, 2.05) is 6.92 Å². The summed E-state index contributed by atoms with van der Waals surface area (Å²) in [4.78, 5) is 41.2. The largest absolute Gasteiger partial charge is 0.493 e. The highest BCUT2D eigenvalue weighted by Crippen LogP contribution is 2.46. The number of amides is 2. The van der Waals surface area contributed by atoms with Gasteiger partial charge in [0.15, 0.2) is 5.75 Å². The lowest BCUT2D eigenvalue weighted by Crippen LogP contribution is -2.35. The number of nitro benzene ring substituents is 1. The predicted molar refractivity (Wildman–Crippen MR) is 107 cm³/mol. The summed E-state index contributed by atoms with van der Waals surface area (Å²) in [7, 11) is 5.17. The third-order valence-electron chi connectivity index (χ3n) is 4.13. The third kappa shape index (κ3) is 4.74. The van der Waals surface area contributed by atoms with Gasteiger partial charge in [0.2, 0.25) is 17.4 Å². The third-order valence-corrected chi connectivity index (χ3v) is 4.13. The number of hydrogen-bond donors (Lipinski definition) is 1. The van der Waals surface area contributed by atoms with Gasteiger partial charge in [-0.3, -0.25) is 19.7 Å². The Balaban J connectivity index is 2.34. The second-order valence-corrected chi connectivity index (χ2v) is 6.23. The number of pyridine rings is 1. The molecule has 0 unspecified atom stereocenters. The van der Waals surface area contributed by atoms with Crippen molar-refractivity contribution < 1.29 is 28.7 Å². The van der Waals surface area contributed by atoms with Crippen molar-refractivity contribution >= 4 is 23.3 Å². The second-order valence-electron chi connectivity index (χ2n) is 6.23. The minimum Gasteiger partial charge on any atom is -0.493 e. The zero-order chi connectivity index (χ0) is 22.4. The van der Waals surface area contributed by atoms with E-state index < -0.39 is 22.4 Å². The van der Waals surface area contributed by atoms with Gasteiger partial charge in [-0.1, -0.05) is 0 Å². The molecule has 0 radical (unpaired) electrons. The van der Waals surface area contributed by atoms with Gasteiger partial charge in [0.25, 0.3) is 5.91 Å². The van der Waals surface area contributed by atoms with Crippen molar-refractivity contribution in [2.75, 3.05) is 40.2 Å². The van der Waals surface area contributed by atoms with Gasteiger partial charge in [0, 0.05) is 19.3 Å². The molecule has 2 aromatic rings. The Morgan fingerprint density at radius 1 is 1.17 bits per heavy atom. The van der Waals surface area contributed by atoms with Crippen LogP contribution in [-0.4, -0.2) is 61.5 Å². The maximum atomic E-state index is 12.9. The summed E-state index contributed by atoms with van der Waals surface area (Å²) in [6, 6.07) is 4.62. The molecule has 0 spiro atoms. The Hall–Kier alpha value is -3.89. The molecule has 0 aliphatic rings. The molecule has 0 aliphatic carbocycles. The van der Waals surface area contributed by atoms with Gasteiger partial charge in [-0.15, -0.1) is 0 Å². The maximum Gasteiger partial charge on any atom is 0.327 e. The number of benzene rings is 1. The topological polar surface area (TPSA) is 133 Å². The van der Waals surface area contributed by atoms with Crippen molar-refractivity contribution in [3.8, 4) is 17.2 Å². The Morgan fingerprint density at radius 2 is 1.83 bits per heavy atom. The van der Waals surface area contributed by atoms with E-state index in [9.17, 15) is 19.7 Å². The van der Waals surface area contributed by atoms with E-state index >= 15 is 0 Å². The summed E-state index contributed by atoms with van der Waals surface area (Å²) in [5.74, 6) is -1.15. The van der Waals surface area contributed by atoms with Crippen LogP contribution in [0, 0.1) is 17.0 Å². The van der Waals surface area contributed by atoms with Crippen LogP contribution < -0.4 is 19.5 Å². The van der Waals surface area contributed by atoms with Gasteiger partial charge < -0.3 is 24.4 Å². The van der Waals surface area contributed by atoms with E-state index in [0.29, 0.717) is 5.82 Å². The molecule has 1 heterocycles. The van der Waals surface area contributed by atoms with Crippen LogP contribution in [0.2, 0.25) is 0 Å². The number of nitrogens with one attached hydrogen (secondary N) is 1. The molecule has 1 aromatic heterocycles. The molecule has 30 heavy (non-hydrogen) atoms. The quantitative estimate of drug-likeness (QED) is 0.509. The fraction of sp³-hybridized carbons (Fsp3) is 0.316. The number of aromatic nitrogens is 1. The standard InChI is InChI=1S/C19H22N4O7/c1-11-6-7-20-14(8-11)21-15(24)10-22(2)19(25)12-9-13(28-3)17(29-4)18(30-5)16(12)23(26)27/h6-9H,10H2,1-5H3,(H,20,21,24). The summed E-state index contributed by atoms with van der Waals surface area (Å²) in [5, 5.41) is 14.2. The summed E-state index contributed by atoms with van der Waals surface area (Å²) in [6.07, 6.45) is 1.54. The fourth-order valence-corrected chi connectivity index (χ4v) is 2.77. The molecule has 11 nitrogen and oxygen atoms in total. The first kappa shape index (κ1) is 22.4. The van der Waals surface area contributed by atoms with Crippen molar-refractivity contribution in [3.05, 3.63) is 45.6 Å². The summed E-state index contributed by atoms with van der Waals surface area (Å²) >= 11 is 0. The second kappa shape index (κ2) is 9.54. The number of hydrogen-bond acceptors (Lipinski definition) is 8. The van der Waals surface area contributed by atoms with Gasteiger partial charge in [-0.05, 0) is 24.6 Å². The summed E-state index contributed by atoms with van der Waals surface area (Å²) in [5.41, 5.74) is 0.00372. The first-order valence-corrected chi connectivity index (χ1v) is 8.68. The maximum absolute atomic E-state index is 12.9. The molecule has 0 saturated carbocycles. The fourth-order valence-electron chi connectivity index (χ4n) is 2.77. The van der Waals surface area contributed by atoms with Crippen LogP contribution in [0.15, 0.2) is 24.4 Å². The van der Waals surface area contributed by atoms with E-state index in [2.05, 4.69) is 10.3 Å². The molecule has 1 N–H and O–H groups in total. The van der Waals surface area contributed by atoms with Gasteiger partial charge in [0.1, 0.15) is 11.4 Å². The normalized spacial score (nSPS) is 10.2. The van der Waals surface area contributed by atoms with E-state index in [1.54, 1.807) is 18.3 Å². The highest BCUT2D eigenvalue weighted by atomic mass is 16.6. The lowest BCUT2D eigenvalue weighted by Gasteiger charge is -2.19. The molecule has 0 aliphatic heterocycles. The van der Waals surface area contributed by atoms with Crippen LogP contribution in [-0.2, 0) is 4.79 Å². The average molecular weight is 418 g/mol. The lowest BCUT2D eigenvalue weighted by molar-refractivity contribution is -0.386. The Morgan fingerprint density at radius 3 is 2.37 bits per heavy atom. The van der Waals surface area contributed by atoms with Gasteiger partial charge >= 0.3 is 5.69 Å². The lowest BCUT2D eigenvalue weighted by atomic mass is 10.1. The van der Waals surface area contributed by atoms with Crippen LogP contribution in [0.3, 0.4) is 0 Å². The number of methoxy groups -OCH3 is 3. The number of aryl methyl sites for hydroxylation is 1. The molecule has 11 heteroatoms. The molecule has 160 valence electrons. The number of rotatable bonds is 8. The molecule has 0 fully saturated rings. The average Bonchev–Trinajstić information content (AvgIpc) is 2.70. The van der Waals surface area contributed by atoms with E-state index in [0.717, 1.165) is 10.5 Å². The molecular formula is C19H22N4O7. The Kier molecular flexibility index (Phi) is 7.13. The molecule has 0 atom stereocenters. The number of anilines is 1. The Bertz CT molecular complexity index is 978. The monoisotopic (exact) mass is 418 g/mol. The SMILES string of the molecule is COc1cc(C(=O)N(C)CC(=O)Nc2cc(C)ccn2)c([N+](=O)[O-])c(OC)c1OC. The number of carbonyl (C=O) groups excluding carboxylic acids is 2. The molecule has 1 aromatic carbocycles. The minimum absolute atomic E-state index is 0.0193. The van der Waals surface area contributed by atoms with Crippen molar-refractivity contribution in [1.82, 2.24) is 9.88 Å². The first-order chi connectivity index (χ1) is 14.2. The van der Waals surface area contributed by atoms with Crippen molar-refractivity contribution in [1.29, 1.82) is 0 Å². The van der Waals surface area contributed by atoms with E-state index in [4.69, 9.17) is 14.2 Å². The molecular weight excluding hydrogens is 396 g/mol. The first-order valence-electron chi connectivity index (χ1n) is 8.68. The molecule has 2 amide bonds. The summed E-state index contributed by atoms with van der Waals surface area (Å²) < 4.78 is 15.4. The zero-order valence-corrected chi connectivity index (χ0v) is 17.2. The van der Waals surface area contributed by atoms with Crippen LogP contribution in [0.4, 0.5) is 11.5 Å². The van der Waals surface area contributed by atoms with Crippen molar-refractivity contribution in [2.45, 2.75) is 6.92 Å². The number of nitrogens with zero attached hydrogens (tertiary/aromatic N) is 3. The number of carbonyl (C=O) groups is 2. The smallest absolute Gasteiger partial charge is 0.327 e. The molecule has 0 bridgehead atoms.